The second-order valence-electron chi connectivity index (χ2n) is 7.12. The maximum atomic E-state index is 12.2. The maximum Gasteiger partial charge on any atom is 0.336 e. The summed E-state index contributed by atoms with van der Waals surface area (Å²) in [6.45, 7) is 0. The van der Waals surface area contributed by atoms with Crippen LogP contribution in [0.5, 0.6) is 11.5 Å². The predicted molar refractivity (Wildman–Crippen MR) is 132 cm³/mol. The fourth-order valence-electron chi connectivity index (χ4n) is 3.33. The summed E-state index contributed by atoms with van der Waals surface area (Å²) >= 11 is 5.88. The molecule has 0 atom stereocenters. The van der Waals surface area contributed by atoms with Gasteiger partial charge in [0.05, 0.1) is 7.11 Å². The van der Waals surface area contributed by atoms with Gasteiger partial charge in [-0.05, 0) is 57.8 Å². The van der Waals surface area contributed by atoms with Gasteiger partial charge >= 0.3 is 5.97 Å². The molecular weight excluding hydrogens is 420 g/mol. The molecule has 4 aromatic rings. The highest BCUT2D eigenvalue weighted by atomic mass is 35.5. The van der Waals surface area contributed by atoms with Gasteiger partial charge < -0.3 is 9.47 Å². The molecule has 0 heterocycles. The smallest absolute Gasteiger partial charge is 0.336 e. The zero-order valence-electron chi connectivity index (χ0n) is 17.5. The van der Waals surface area contributed by atoms with Crippen LogP contribution in [0.3, 0.4) is 0 Å². The van der Waals surface area contributed by atoms with Crippen LogP contribution in [0.25, 0.3) is 29.0 Å². The average molecular weight is 441 g/mol. The third-order valence-electron chi connectivity index (χ3n) is 4.96. The molecule has 0 fully saturated rings. The number of carbonyl (C=O) groups excluding carboxylic acids is 1. The minimum atomic E-state index is -0.489. The molecule has 3 nitrogen and oxygen atoms in total. The molecule has 0 aromatic heterocycles. The van der Waals surface area contributed by atoms with E-state index in [9.17, 15) is 4.79 Å². The normalized spacial score (nSPS) is 11.3. The Hall–Kier alpha value is -3.82. The Morgan fingerprint density at radius 3 is 2.34 bits per heavy atom. The van der Waals surface area contributed by atoms with Crippen molar-refractivity contribution in [2.24, 2.45) is 0 Å². The first kappa shape index (κ1) is 21.4. The number of carbonyl (C=O) groups is 1. The average Bonchev–Trinajstić information content (AvgIpc) is 2.83. The van der Waals surface area contributed by atoms with Gasteiger partial charge in [0.15, 0.2) is 11.5 Å². The van der Waals surface area contributed by atoms with Gasteiger partial charge in [0.1, 0.15) is 0 Å². The van der Waals surface area contributed by atoms with E-state index in [0.29, 0.717) is 16.5 Å². The molecule has 0 bridgehead atoms. The minimum Gasteiger partial charge on any atom is -0.493 e. The number of esters is 1. The molecular formula is C28H21ClO3. The van der Waals surface area contributed by atoms with E-state index in [4.69, 9.17) is 21.1 Å². The zero-order chi connectivity index (χ0) is 22.3. The van der Waals surface area contributed by atoms with E-state index in [1.54, 1.807) is 31.4 Å². The molecule has 4 heteroatoms. The zero-order valence-corrected chi connectivity index (χ0v) is 18.3. The van der Waals surface area contributed by atoms with Crippen LogP contribution in [-0.4, -0.2) is 13.1 Å². The number of methoxy groups -OCH3 is 1. The van der Waals surface area contributed by atoms with Crippen LogP contribution in [0, 0.1) is 0 Å². The molecule has 4 aromatic carbocycles. The summed E-state index contributed by atoms with van der Waals surface area (Å²) in [7, 11) is 1.55. The molecule has 32 heavy (non-hydrogen) atoms. The molecule has 0 aliphatic rings. The quantitative estimate of drug-likeness (QED) is 0.137. The standard InChI is InChI=1S/C28H21ClO3/c1-31-27-19-21(9-14-23-7-4-6-22-5-2-3-8-25(22)23)12-17-26(27)32-28(30)18-13-20-10-15-24(29)16-11-20/h2-19H,1H3/b14-9+,18-13+. The van der Waals surface area contributed by atoms with E-state index in [1.807, 2.05) is 48.5 Å². The molecule has 0 saturated carbocycles. The highest BCUT2D eigenvalue weighted by molar-refractivity contribution is 6.30. The molecule has 0 N–H and O–H groups in total. The molecule has 0 saturated heterocycles. The first-order chi connectivity index (χ1) is 15.6. The molecule has 0 aliphatic heterocycles. The van der Waals surface area contributed by atoms with Gasteiger partial charge in [-0.3, -0.25) is 0 Å². The summed E-state index contributed by atoms with van der Waals surface area (Å²) in [5.41, 5.74) is 2.92. The van der Waals surface area contributed by atoms with Gasteiger partial charge in [-0.1, -0.05) is 84.4 Å². The summed E-state index contributed by atoms with van der Waals surface area (Å²) in [5, 5.41) is 3.03. The fourth-order valence-corrected chi connectivity index (χ4v) is 3.46. The monoisotopic (exact) mass is 440 g/mol. The number of benzene rings is 4. The number of hydrogen-bond acceptors (Lipinski definition) is 3. The molecule has 0 radical (unpaired) electrons. The number of hydrogen-bond donors (Lipinski definition) is 0. The van der Waals surface area contributed by atoms with Crippen LogP contribution >= 0.6 is 11.6 Å². The molecule has 0 spiro atoms. The lowest BCUT2D eigenvalue weighted by Gasteiger charge is -2.09. The Morgan fingerprint density at radius 1 is 0.781 bits per heavy atom. The topological polar surface area (TPSA) is 35.5 Å². The van der Waals surface area contributed by atoms with Crippen molar-refractivity contribution in [1.29, 1.82) is 0 Å². The molecule has 4 rings (SSSR count). The van der Waals surface area contributed by atoms with Gasteiger partial charge in [-0.2, -0.15) is 0 Å². The van der Waals surface area contributed by atoms with Crippen LogP contribution in [0.4, 0.5) is 0 Å². The van der Waals surface area contributed by atoms with Gasteiger partial charge in [0.2, 0.25) is 0 Å². The van der Waals surface area contributed by atoms with Crippen LogP contribution in [0.15, 0.2) is 91.0 Å². The minimum absolute atomic E-state index is 0.362. The summed E-state index contributed by atoms with van der Waals surface area (Å²) in [6.07, 6.45) is 7.12. The molecule has 0 unspecified atom stereocenters. The van der Waals surface area contributed by atoms with Crippen LogP contribution in [-0.2, 0) is 4.79 Å². The van der Waals surface area contributed by atoms with Crippen molar-refractivity contribution in [3.05, 3.63) is 113 Å². The third-order valence-corrected chi connectivity index (χ3v) is 5.21. The van der Waals surface area contributed by atoms with Crippen LogP contribution in [0.1, 0.15) is 16.7 Å². The fraction of sp³-hybridized carbons (Fsp3) is 0.0357. The van der Waals surface area contributed by atoms with E-state index in [2.05, 4.69) is 30.3 Å². The van der Waals surface area contributed by atoms with E-state index in [1.165, 1.54) is 16.8 Å². The predicted octanol–water partition coefficient (Wildman–Crippen LogP) is 7.29. The first-order valence-electron chi connectivity index (χ1n) is 10.1. The molecule has 158 valence electrons. The first-order valence-corrected chi connectivity index (χ1v) is 10.5. The summed E-state index contributed by atoms with van der Waals surface area (Å²) in [4.78, 5) is 12.2. The number of rotatable bonds is 6. The second kappa shape index (κ2) is 9.99. The summed E-state index contributed by atoms with van der Waals surface area (Å²) in [5.74, 6) is 0.358. The Kier molecular flexibility index (Phi) is 6.69. The third kappa shape index (κ3) is 5.26. The SMILES string of the molecule is COc1cc(/C=C/c2cccc3ccccc23)ccc1OC(=O)/C=C/c1ccc(Cl)cc1. The summed E-state index contributed by atoms with van der Waals surface area (Å²) in [6, 6.07) is 27.1. The Labute approximate surface area is 192 Å². The highest BCUT2D eigenvalue weighted by Gasteiger charge is 2.08. The summed E-state index contributed by atoms with van der Waals surface area (Å²) < 4.78 is 10.9. The maximum absolute atomic E-state index is 12.2. The van der Waals surface area contributed by atoms with Crippen molar-refractivity contribution >= 4 is 46.6 Å². The molecule has 0 amide bonds. The van der Waals surface area contributed by atoms with Crippen molar-refractivity contribution in [2.45, 2.75) is 0 Å². The largest absolute Gasteiger partial charge is 0.493 e. The Morgan fingerprint density at radius 2 is 1.53 bits per heavy atom. The number of fused-ring (bicyclic) bond motifs is 1. The van der Waals surface area contributed by atoms with Crippen molar-refractivity contribution in [3.63, 3.8) is 0 Å². The van der Waals surface area contributed by atoms with Gasteiger partial charge in [0, 0.05) is 11.1 Å². The van der Waals surface area contributed by atoms with Gasteiger partial charge in [-0.25, -0.2) is 4.79 Å². The van der Waals surface area contributed by atoms with Crippen molar-refractivity contribution in [1.82, 2.24) is 0 Å². The van der Waals surface area contributed by atoms with Crippen molar-refractivity contribution < 1.29 is 14.3 Å². The van der Waals surface area contributed by atoms with E-state index >= 15 is 0 Å². The Balaban J connectivity index is 1.49. The lowest BCUT2D eigenvalue weighted by atomic mass is 10.0. The Bertz CT molecular complexity index is 1300. The van der Waals surface area contributed by atoms with E-state index in [0.717, 1.165) is 16.7 Å². The number of halogens is 1. The van der Waals surface area contributed by atoms with Crippen LogP contribution < -0.4 is 9.47 Å². The van der Waals surface area contributed by atoms with Crippen LogP contribution in [0.2, 0.25) is 5.02 Å². The van der Waals surface area contributed by atoms with E-state index in [-0.39, 0.29) is 0 Å². The highest BCUT2D eigenvalue weighted by Crippen LogP contribution is 2.29. The molecule has 0 aliphatic carbocycles. The van der Waals surface area contributed by atoms with E-state index < -0.39 is 5.97 Å². The lowest BCUT2D eigenvalue weighted by Crippen LogP contribution is -2.05. The van der Waals surface area contributed by atoms with Gasteiger partial charge in [0.25, 0.3) is 0 Å². The van der Waals surface area contributed by atoms with Crippen molar-refractivity contribution in [3.8, 4) is 11.5 Å². The van der Waals surface area contributed by atoms with Gasteiger partial charge in [-0.15, -0.1) is 0 Å². The lowest BCUT2D eigenvalue weighted by molar-refractivity contribution is -0.129. The van der Waals surface area contributed by atoms with Crippen molar-refractivity contribution in [2.75, 3.05) is 7.11 Å². The second-order valence-corrected chi connectivity index (χ2v) is 7.55. The number of ether oxygens (including phenoxy) is 2.